The third-order valence-corrected chi connectivity index (χ3v) is 36.5. The molecule has 0 radical (unpaired) electrons. The summed E-state index contributed by atoms with van der Waals surface area (Å²) in [5, 5.41) is 90.7. The van der Waals surface area contributed by atoms with Gasteiger partial charge in [0.15, 0.2) is 18.3 Å². The fourth-order valence-corrected chi connectivity index (χ4v) is 24.1. The van der Waals surface area contributed by atoms with Crippen LogP contribution >= 0.6 is 45.3 Å². The minimum Gasteiger partial charge on any atom is -0.455 e. The molecule has 0 spiro atoms. The summed E-state index contributed by atoms with van der Waals surface area (Å²) in [5.74, 6) is -5.94. The van der Waals surface area contributed by atoms with Crippen molar-refractivity contribution in [3.63, 3.8) is 0 Å². The van der Waals surface area contributed by atoms with Crippen LogP contribution in [0.1, 0.15) is 312 Å². The quantitative estimate of drug-likeness (QED) is 0.0341. The first-order valence-corrected chi connectivity index (χ1v) is 56.3. The van der Waals surface area contributed by atoms with E-state index in [1.165, 1.54) is 34.0 Å². The summed E-state index contributed by atoms with van der Waals surface area (Å²) in [6.07, 6.45) is 3.08. The molecule has 36 heteroatoms. The number of nitrogens with zero attached hydrogens (tertiary/aromatic N) is 4. The summed E-state index contributed by atoms with van der Waals surface area (Å²) in [5.41, 5.74) is 6.67. The number of Topliss-reactive ketones (excluding diaryl/α,β-unsaturated/α-hetero) is 4. The van der Waals surface area contributed by atoms with Gasteiger partial charge in [0.2, 0.25) is 5.91 Å². The Kier molecular flexibility index (Phi) is 44.5. The van der Waals surface area contributed by atoms with Crippen molar-refractivity contribution in [2.24, 2.45) is 81.2 Å². The monoisotopic (exact) mass is 2150 g/mol. The molecular weight excluding hydrogens is 1970 g/mol. The standard InChI is InChI=1S/C29H46N2O5S.C28H44N2O7S.C28H43NO7S.C27H41NO7S/c1-16-11-10-12-29(8)27(36-29)25(35-9)24(17(2)13-21-15-37-20(5)30-21)31-23(33)14-22(32)28(6,7)26(34)19(4)18(16)3;1-15-9-8-10-28(6)26(37-28)24(35-7)23(16(2)11-18-14-38-20(13-29)30-18)36-21(32)12-19(31)27(4,5)25(34)17(3)22(15)33;1-15-10-9-11-28(7)26(36-28)24(34-8)23(16(2)12-19-14-37-18(4)29-19)35-21(31)13-20(30)27(5,6)25(33)17(3)22(15)32;1-14-9-8-10-27(6)26(35-27)25(33-7)24(15(2)11-19-13-36-18(5)28-19)34-21(30)12-20(29)16(3)23(32)17(4)22(14)31/h13,15-16,18-19,22,24-25,27,32H,10-12,14H2,1-9H3,(H,31,33);11,14-15,17,19,22-24,26,31,33H,8-10,12-13,29H2,1-7H3;12,14-15,17,20,22-24,26,30,32H,9-11,13H2,1-8H3;11,13-14,16-17,20,22,24-26,29,31H,8-10,12H2,1-7H3/b17-13+;16-11+;16-12+;15-11+/t16-,18-,19+,22-,24+,25?,27-,29+;15-,17+,19-,22-,23+,24?,26-,28+;15-,17+,20-,22-,23+,24?,26-,28+;14-,16?,17+,20-,22-,24+,25?,26-,27+/m0000/s1. The molecule has 5 unspecified atom stereocenters. The van der Waals surface area contributed by atoms with E-state index in [4.69, 9.17) is 57.8 Å². The van der Waals surface area contributed by atoms with Crippen molar-refractivity contribution in [2.45, 2.75) is 435 Å². The Morgan fingerprint density at radius 1 is 0.392 bits per heavy atom. The number of rotatable bonds is 13. The second kappa shape index (κ2) is 52.8. The number of thiazole rings is 4. The molecular formula is C112H174N6O26S4. The zero-order chi connectivity index (χ0) is 111. The molecule has 33 atom stereocenters. The highest BCUT2D eigenvalue weighted by Crippen LogP contribution is 2.52. The smallest absolute Gasteiger partial charge is 0.309 e. The number of carbonyl (C=O) groups is 8. The molecule has 32 nitrogen and oxygen atoms in total. The van der Waals surface area contributed by atoms with Gasteiger partial charge in [-0.3, -0.25) is 38.4 Å². The van der Waals surface area contributed by atoms with Gasteiger partial charge in [0.25, 0.3) is 0 Å². The molecule has 10 N–H and O–H groups in total. The molecule has 832 valence electrons. The number of aliphatic hydroxyl groups is 7. The molecule has 4 aromatic heterocycles. The van der Waals surface area contributed by atoms with Crippen LogP contribution in [0.15, 0.2) is 43.8 Å². The molecule has 1 amide bonds. The number of fused-ring (bicyclic) bond motifs is 4. The maximum atomic E-state index is 13.5. The largest absolute Gasteiger partial charge is 0.455 e. The number of hydrogen-bond donors (Lipinski definition) is 9. The Bertz CT molecular complexity index is 5100. The van der Waals surface area contributed by atoms with E-state index in [-0.39, 0.29) is 114 Å². The van der Waals surface area contributed by atoms with Gasteiger partial charge in [-0.05, 0) is 197 Å². The average Bonchev–Trinajstić information content (AvgIpc) is 1.60. The highest BCUT2D eigenvalue weighted by atomic mass is 32.1. The van der Waals surface area contributed by atoms with Gasteiger partial charge in [-0.1, -0.05) is 143 Å². The molecule has 12 heterocycles. The van der Waals surface area contributed by atoms with Crippen LogP contribution in [0, 0.1) is 96.2 Å². The summed E-state index contributed by atoms with van der Waals surface area (Å²) in [4.78, 5) is 124. The number of methoxy groups -OCH3 is 4. The minimum absolute atomic E-state index is 0.00177. The predicted octanol–water partition coefficient (Wildman–Crippen LogP) is 16.0. The number of amides is 1. The van der Waals surface area contributed by atoms with E-state index in [1.807, 2.05) is 143 Å². The Balaban J connectivity index is 0.000000219. The number of ketones is 4. The van der Waals surface area contributed by atoms with Crippen LogP contribution in [0.3, 0.4) is 0 Å². The second-order valence-electron chi connectivity index (χ2n) is 46.1. The van der Waals surface area contributed by atoms with Crippen LogP contribution in [0.4, 0.5) is 0 Å². The van der Waals surface area contributed by atoms with E-state index in [9.17, 15) is 74.1 Å². The third-order valence-electron chi connectivity index (χ3n) is 33.3. The van der Waals surface area contributed by atoms with Crippen molar-refractivity contribution in [1.29, 1.82) is 0 Å². The van der Waals surface area contributed by atoms with E-state index in [0.717, 1.165) is 131 Å². The summed E-state index contributed by atoms with van der Waals surface area (Å²) >= 11 is 6.09. The Morgan fingerprint density at radius 3 is 1.00 bits per heavy atom. The maximum absolute atomic E-state index is 13.5. The van der Waals surface area contributed by atoms with Crippen molar-refractivity contribution >= 4 is 117 Å². The van der Waals surface area contributed by atoms with Gasteiger partial charge in [0, 0.05) is 86.1 Å². The van der Waals surface area contributed by atoms with Crippen LogP contribution in [-0.2, 0) is 97.0 Å². The number of aromatic nitrogens is 4. The van der Waals surface area contributed by atoms with Gasteiger partial charge < -0.3 is 98.9 Å². The van der Waals surface area contributed by atoms with Gasteiger partial charge in [-0.25, -0.2) is 19.9 Å². The van der Waals surface area contributed by atoms with Gasteiger partial charge in [-0.15, -0.1) is 45.3 Å². The normalized spacial score (nSPS) is 38.2. The van der Waals surface area contributed by atoms with Crippen molar-refractivity contribution < 1.29 is 126 Å². The Morgan fingerprint density at radius 2 is 0.682 bits per heavy atom. The lowest BCUT2D eigenvalue weighted by Gasteiger charge is -2.35. The predicted molar refractivity (Wildman–Crippen MR) is 572 cm³/mol. The van der Waals surface area contributed by atoms with E-state index in [0.29, 0.717) is 23.7 Å². The topological polar surface area (TPSA) is 483 Å². The highest BCUT2D eigenvalue weighted by Gasteiger charge is 2.63. The first-order valence-electron chi connectivity index (χ1n) is 52.8. The summed E-state index contributed by atoms with van der Waals surface area (Å²) < 4.78 is 65.9. The van der Waals surface area contributed by atoms with Crippen molar-refractivity contribution in [1.82, 2.24) is 25.3 Å². The summed E-state index contributed by atoms with van der Waals surface area (Å²) in [6, 6.07) is -0.469. The van der Waals surface area contributed by atoms with Gasteiger partial charge >= 0.3 is 17.9 Å². The second-order valence-corrected chi connectivity index (χ2v) is 50.3. The lowest BCUT2D eigenvalue weighted by atomic mass is 9.70. The lowest BCUT2D eigenvalue weighted by Crippen LogP contribution is -2.51. The van der Waals surface area contributed by atoms with Crippen LogP contribution in [-0.4, -0.2) is 269 Å². The number of esters is 3. The molecule has 12 rings (SSSR count). The summed E-state index contributed by atoms with van der Waals surface area (Å²) in [7, 11) is 6.35. The zero-order valence-electron chi connectivity index (χ0n) is 93.3. The number of hydrogen-bond acceptors (Lipinski definition) is 35. The van der Waals surface area contributed by atoms with Crippen molar-refractivity contribution in [3.05, 3.63) is 86.6 Å². The zero-order valence-corrected chi connectivity index (χ0v) is 96.5. The molecule has 8 aliphatic heterocycles. The van der Waals surface area contributed by atoms with Gasteiger partial charge in [-0.2, -0.15) is 0 Å². The fraction of sp³-hybridized carbons (Fsp3) is 0.750. The van der Waals surface area contributed by atoms with E-state index >= 15 is 0 Å². The Labute approximate surface area is 893 Å². The van der Waals surface area contributed by atoms with Crippen LogP contribution < -0.4 is 11.1 Å². The number of aryl methyl sites for hydroxylation is 3. The number of nitrogens with two attached hydrogens (primary N) is 1. The van der Waals surface area contributed by atoms with E-state index < -0.39 is 166 Å². The SMILES string of the molecule is COC1[C@@H](/C(C)=C/c2csc(C)n2)NC(=O)C[C@H](O)C(C)(C)C(=O)[C@H](C)[C@@H](C)[C@@H](C)CCC[C@@]2(C)O[C@@H]12.COC1[C@@H](/C(C)=C/c2csc(C)n2)OC(=O)C[C@H](O)C(C)(C)C(=O)[C@H](C)[C@@H](O)[C@@H](C)CCC[C@@]2(C)O[C@@H]12.COC1[C@@H](/C(C)=C/c2csc(C)n2)OC(=O)C[C@H](O)C(C)C(=O)[C@H](C)[C@@H](O)[C@@H](C)CCC[C@@]2(C)O[C@@H]12.COC1[C@@H](/C(C)=C/c2csc(CN)n2)OC(=O)C[C@H](O)C(C)(C)C(=O)[C@H](C)[C@@H](O)[C@@H](C)CCC[C@@]2(C)O[C@@H]12. The molecule has 0 bridgehead atoms. The fourth-order valence-electron chi connectivity index (χ4n) is 21.8. The molecule has 8 fully saturated rings. The number of carbonyl (C=O) groups excluding carboxylic acids is 8. The molecule has 4 aromatic rings. The van der Waals surface area contributed by atoms with Crippen LogP contribution in [0.25, 0.3) is 24.3 Å². The molecule has 148 heavy (non-hydrogen) atoms. The number of nitrogens with one attached hydrogen (secondary N) is 1. The van der Waals surface area contributed by atoms with Gasteiger partial charge in [0.1, 0.15) is 77.0 Å². The molecule has 8 aliphatic rings. The molecule has 0 saturated carbocycles. The van der Waals surface area contributed by atoms with E-state index in [1.54, 1.807) is 109 Å². The summed E-state index contributed by atoms with van der Waals surface area (Å²) in [6.45, 7) is 50.5. The maximum Gasteiger partial charge on any atom is 0.309 e. The lowest BCUT2D eigenvalue weighted by molar-refractivity contribution is -0.161. The molecule has 8 saturated heterocycles. The first kappa shape index (κ1) is 125. The van der Waals surface area contributed by atoms with Gasteiger partial charge in [0.05, 0.1) is 151 Å². The van der Waals surface area contributed by atoms with E-state index in [2.05, 4.69) is 46.0 Å². The average molecular weight is 2150 g/mol. The van der Waals surface area contributed by atoms with Crippen molar-refractivity contribution in [2.75, 3.05) is 28.4 Å². The van der Waals surface area contributed by atoms with Crippen LogP contribution in [0.5, 0.6) is 0 Å². The first-order chi connectivity index (χ1) is 69.0. The van der Waals surface area contributed by atoms with Crippen molar-refractivity contribution in [3.8, 4) is 0 Å². The number of aliphatic hydroxyl groups excluding tert-OH is 7. The minimum atomic E-state index is -1.29. The molecule has 0 aromatic carbocycles. The van der Waals surface area contributed by atoms with Crippen LogP contribution in [0.2, 0.25) is 0 Å². The number of cyclic esters (lactones) is 3. The highest BCUT2D eigenvalue weighted by molar-refractivity contribution is 7.10. The Hall–Kier alpha value is -6.60. The number of ether oxygens (including phenoxy) is 11. The molecule has 0 aliphatic carbocycles. The number of epoxide rings is 4. The third kappa shape index (κ3) is 31.4.